The Morgan fingerprint density at radius 1 is 0.972 bits per heavy atom. The van der Waals surface area contributed by atoms with E-state index >= 15 is 0 Å². The predicted octanol–water partition coefficient (Wildman–Crippen LogP) is 4.07. The number of ether oxygens (including phenoxy) is 2. The molecule has 0 N–H and O–H groups in total. The van der Waals surface area contributed by atoms with Crippen LogP contribution >= 0.6 is 0 Å². The van der Waals surface area contributed by atoms with Crippen LogP contribution in [0.1, 0.15) is 23.7 Å². The van der Waals surface area contributed by atoms with Crippen LogP contribution in [0, 0.1) is 20.2 Å². The fourth-order valence-corrected chi connectivity index (χ4v) is 2.89. The number of hydrogen-bond acceptors (Lipinski definition) is 9. The normalized spacial score (nSPS) is 11.9. The van der Waals surface area contributed by atoms with E-state index in [1.165, 1.54) is 19.2 Å². The lowest BCUT2D eigenvalue weighted by atomic mass is 10.1. The van der Waals surface area contributed by atoms with Gasteiger partial charge in [0.2, 0.25) is 0 Å². The number of alkyl halides is 3. The Labute approximate surface area is 202 Å². The number of carbonyl (C=O) groups is 1. The standard InChI is InChI=1S/C21H22F3N3O9/c1-25(20(28)36-18(13-33-26(29)30)14-34-27(31)32)12-11-19(15-5-3-2-4-6-15)35-17-9-7-16(8-10-17)21(22,23)24/h2-10,18-19H,11-14H2,1H3/t19-/m1/s1. The van der Waals surface area contributed by atoms with Crippen molar-refractivity contribution in [2.45, 2.75) is 24.8 Å². The summed E-state index contributed by atoms with van der Waals surface area (Å²) in [7, 11) is 1.35. The molecule has 0 heterocycles. The Morgan fingerprint density at radius 2 is 1.53 bits per heavy atom. The molecular weight excluding hydrogens is 495 g/mol. The number of carbonyl (C=O) groups excluding carboxylic acids is 1. The molecule has 15 heteroatoms. The zero-order chi connectivity index (χ0) is 26.7. The fourth-order valence-electron chi connectivity index (χ4n) is 2.89. The van der Waals surface area contributed by atoms with Gasteiger partial charge in [0.15, 0.2) is 6.10 Å². The Hall–Kier alpha value is -4.30. The Bertz CT molecular complexity index is 989. The van der Waals surface area contributed by atoms with Crippen LogP contribution < -0.4 is 4.74 Å². The van der Waals surface area contributed by atoms with Crippen LogP contribution in [0.25, 0.3) is 0 Å². The summed E-state index contributed by atoms with van der Waals surface area (Å²) in [6.07, 6.45) is -7.39. The van der Waals surface area contributed by atoms with E-state index in [4.69, 9.17) is 9.47 Å². The lowest BCUT2D eigenvalue weighted by Crippen LogP contribution is -2.37. The highest BCUT2D eigenvalue weighted by atomic mass is 19.4. The van der Waals surface area contributed by atoms with Crippen LogP contribution in [0.4, 0.5) is 18.0 Å². The molecule has 12 nitrogen and oxygen atoms in total. The molecule has 1 amide bonds. The summed E-state index contributed by atoms with van der Waals surface area (Å²) < 4.78 is 49.3. The van der Waals surface area contributed by atoms with E-state index in [2.05, 4.69) is 9.68 Å². The van der Waals surface area contributed by atoms with Crippen molar-refractivity contribution >= 4 is 6.09 Å². The van der Waals surface area contributed by atoms with Crippen LogP contribution in [0.15, 0.2) is 54.6 Å². The van der Waals surface area contributed by atoms with Gasteiger partial charge in [0.25, 0.3) is 10.2 Å². The van der Waals surface area contributed by atoms with E-state index in [-0.39, 0.29) is 18.7 Å². The van der Waals surface area contributed by atoms with E-state index in [1.54, 1.807) is 30.3 Å². The topological polar surface area (TPSA) is 144 Å². The Morgan fingerprint density at radius 3 is 2.03 bits per heavy atom. The number of halogens is 3. The van der Waals surface area contributed by atoms with Gasteiger partial charge in [0, 0.05) is 20.0 Å². The molecule has 0 radical (unpaired) electrons. The van der Waals surface area contributed by atoms with Gasteiger partial charge in [-0.1, -0.05) is 30.3 Å². The summed E-state index contributed by atoms with van der Waals surface area (Å²) >= 11 is 0. The maximum absolute atomic E-state index is 12.8. The van der Waals surface area contributed by atoms with Gasteiger partial charge in [-0.3, -0.25) is 0 Å². The maximum Gasteiger partial charge on any atom is 0.416 e. The molecule has 0 fully saturated rings. The van der Waals surface area contributed by atoms with Crippen molar-refractivity contribution in [1.29, 1.82) is 0 Å². The quantitative estimate of drug-likeness (QED) is 0.284. The minimum absolute atomic E-state index is 0.0257. The average molecular weight is 517 g/mol. The number of benzene rings is 2. The minimum Gasteiger partial charge on any atom is -0.486 e. The lowest BCUT2D eigenvalue weighted by Gasteiger charge is -2.25. The number of hydrogen-bond donors (Lipinski definition) is 0. The van der Waals surface area contributed by atoms with Crippen LogP contribution in [0.2, 0.25) is 0 Å². The van der Waals surface area contributed by atoms with Crippen molar-refractivity contribution in [2.24, 2.45) is 0 Å². The highest BCUT2D eigenvalue weighted by molar-refractivity contribution is 5.67. The SMILES string of the molecule is CN(CC[C@@H](Oc1ccc(C(F)(F)F)cc1)c1ccccc1)C(=O)OC(CO[N+](=O)[O-])CO[N+](=O)[O-]. The molecule has 0 unspecified atom stereocenters. The summed E-state index contributed by atoms with van der Waals surface area (Å²) in [5.74, 6) is 0.177. The van der Waals surface area contributed by atoms with Gasteiger partial charge in [0.05, 0.1) is 5.56 Å². The largest absolute Gasteiger partial charge is 0.486 e. The Kier molecular flexibility index (Phi) is 10.1. The molecule has 2 aromatic rings. The summed E-state index contributed by atoms with van der Waals surface area (Å²) in [4.78, 5) is 42.4. The van der Waals surface area contributed by atoms with Crippen molar-refractivity contribution in [1.82, 2.24) is 4.90 Å². The molecule has 0 aliphatic carbocycles. The van der Waals surface area contributed by atoms with Gasteiger partial charge in [-0.15, -0.1) is 20.2 Å². The summed E-state index contributed by atoms with van der Waals surface area (Å²) in [6, 6.07) is 12.9. The minimum atomic E-state index is -4.49. The molecule has 1 atom stereocenters. The monoisotopic (exact) mass is 517 g/mol. The Balaban J connectivity index is 2.04. The summed E-state index contributed by atoms with van der Waals surface area (Å²) in [5.41, 5.74) is -0.138. The van der Waals surface area contributed by atoms with E-state index in [0.717, 1.165) is 17.0 Å². The average Bonchev–Trinajstić information content (AvgIpc) is 2.83. The molecule has 0 saturated heterocycles. The molecule has 2 aromatic carbocycles. The lowest BCUT2D eigenvalue weighted by molar-refractivity contribution is -0.768. The second kappa shape index (κ2) is 13.0. The predicted molar refractivity (Wildman–Crippen MR) is 115 cm³/mol. The third-order valence-corrected chi connectivity index (χ3v) is 4.67. The molecule has 0 aliphatic rings. The van der Waals surface area contributed by atoms with Crippen molar-refractivity contribution in [3.8, 4) is 5.75 Å². The molecule has 0 aromatic heterocycles. The molecule has 36 heavy (non-hydrogen) atoms. The number of rotatable bonds is 13. The zero-order valence-electron chi connectivity index (χ0n) is 18.8. The van der Waals surface area contributed by atoms with Crippen molar-refractivity contribution in [2.75, 3.05) is 26.8 Å². The van der Waals surface area contributed by atoms with Crippen molar-refractivity contribution < 1.29 is 47.3 Å². The molecule has 2 rings (SSSR count). The first-order chi connectivity index (χ1) is 17.0. The van der Waals surface area contributed by atoms with Gasteiger partial charge in [-0.25, -0.2) is 4.79 Å². The summed E-state index contributed by atoms with van der Waals surface area (Å²) in [5, 5.41) is 18.5. The van der Waals surface area contributed by atoms with E-state index in [9.17, 15) is 38.2 Å². The fraction of sp³-hybridized carbons (Fsp3) is 0.381. The highest BCUT2D eigenvalue weighted by Crippen LogP contribution is 2.32. The third-order valence-electron chi connectivity index (χ3n) is 4.67. The summed E-state index contributed by atoms with van der Waals surface area (Å²) in [6.45, 7) is -1.55. The van der Waals surface area contributed by atoms with Gasteiger partial charge < -0.3 is 24.0 Å². The zero-order valence-corrected chi connectivity index (χ0v) is 18.8. The van der Waals surface area contributed by atoms with E-state index < -0.39 is 53.4 Å². The van der Waals surface area contributed by atoms with Gasteiger partial charge >= 0.3 is 12.3 Å². The van der Waals surface area contributed by atoms with Crippen molar-refractivity contribution in [3.05, 3.63) is 86.0 Å². The molecular formula is C21H22F3N3O9. The van der Waals surface area contributed by atoms with Crippen LogP contribution in [0.3, 0.4) is 0 Å². The molecule has 0 bridgehead atoms. The molecule has 0 aliphatic heterocycles. The molecule has 196 valence electrons. The highest BCUT2D eigenvalue weighted by Gasteiger charge is 2.30. The van der Waals surface area contributed by atoms with Gasteiger partial charge in [0.1, 0.15) is 25.1 Å². The maximum atomic E-state index is 12.8. The first kappa shape index (κ1) is 27.9. The third kappa shape index (κ3) is 9.52. The smallest absolute Gasteiger partial charge is 0.416 e. The molecule has 0 spiro atoms. The van der Waals surface area contributed by atoms with E-state index in [1.807, 2.05) is 0 Å². The molecule has 0 saturated carbocycles. The van der Waals surface area contributed by atoms with Crippen LogP contribution in [0.5, 0.6) is 5.75 Å². The van der Waals surface area contributed by atoms with Crippen molar-refractivity contribution in [3.63, 3.8) is 0 Å². The number of amides is 1. The van der Waals surface area contributed by atoms with Gasteiger partial charge in [-0.05, 0) is 29.8 Å². The first-order valence-electron chi connectivity index (χ1n) is 10.3. The first-order valence-corrected chi connectivity index (χ1v) is 10.3. The van der Waals surface area contributed by atoms with Crippen LogP contribution in [-0.2, 0) is 20.6 Å². The van der Waals surface area contributed by atoms with Gasteiger partial charge in [-0.2, -0.15) is 13.2 Å². The van der Waals surface area contributed by atoms with Crippen LogP contribution in [-0.4, -0.2) is 54.1 Å². The second-order valence-corrected chi connectivity index (χ2v) is 7.29. The second-order valence-electron chi connectivity index (χ2n) is 7.29. The number of nitrogens with zero attached hydrogens (tertiary/aromatic N) is 3. The van der Waals surface area contributed by atoms with E-state index in [0.29, 0.717) is 5.56 Å².